The first-order valence-electron chi connectivity index (χ1n) is 9.64. The van der Waals surface area contributed by atoms with Gasteiger partial charge in [0.1, 0.15) is 5.60 Å². The van der Waals surface area contributed by atoms with E-state index in [1.807, 2.05) is 6.92 Å². The van der Waals surface area contributed by atoms with Crippen molar-refractivity contribution in [2.24, 2.45) is 0 Å². The third kappa shape index (κ3) is 7.08. The van der Waals surface area contributed by atoms with Crippen molar-refractivity contribution in [2.45, 2.75) is 50.3 Å². The van der Waals surface area contributed by atoms with Crippen molar-refractivity contribution < 1.29 is 27.5 Å². The van der Waals surface area contributed by atoms with Crippen LogP contribution in [0, 0.1) is 6.92 Å². The number of carbonyl (C=O) groups is 2. The Bertz CT molecular complexity index is 999. The highest BCUT2D eigenvalue weighted by Crippen LogP contribution is 2.22. The van der Waals surface area contributed by atoms with E-state index in [1.54, 1.807) is 63.2 Å². The summed E-state index contributed by atoms with van der Waals surface area (Å²) in [5.41, 5.74) is 0.552. The maximum atomic E-state index is 13.0. The fourth-order valence-electron chi connectivity index (χ4n) is 2.78. The van der Waals surface area contributed by atoms with Crippen LogP contribution in [0.15, 0.2) is 59.5 Å². The number of hydrogen-bond acceptors (Lipinski definition) is 6. The van der Waals surface area contributed by atoms with E-state index in [4.69, 9.17) is 9.47 Å². The van der Waals surface area contributed by atoms with Crippen LogP contribution in [0.4, 0.5) is 4.79 Å². The van der Waals surface area contributed by atoms with Crippen molar-refractivity contribution in [3.8, 4) is 0 Å². The lowest BCUT2D eigenvalue weighted by atomic mass is 10.0. The molecule has 8 nitrogen and oxygen atoms in total. The number of rotatable bonds is 7. The fourth-order valence-corrected chi connectivity index (χ4v) is 4.02. The molecule has 2 atom stereocenters. The maximum Gasteiger partial charge on any atom is 0.408 e. The molecule has 2 aromatic carbocycles. The minimum absolute atomic E-state index is 0.0277. The topological polar surface area (TPSA) is 111 Å². The largest absolute Gasteiger partial charge is 0.467 e. The van der Waals surface area contributed by atoms with E-state index in [-0.39, 0.29) is 4.90 Å². The summed E-state index contributed by atoms with van der Waals surface area (Å²) in [5.74, 6) is -0.827. The number of aryl methyl sites for hydroxylation is 1. The van der Waals surface area contributed by atoms with Crippen LogP contribution in [0.3, 0.4) is 0 Å². The van der Waals surface area contributed by atoms with Gasteiger partial charge in [0.25, 0.3) is 0 Å². The molecule has 31 heavy (non-hydrogen) atoms. The van der Waals surface area contributed by atoms with Crippen molar-refractivity contribution in [2.75, 3.05) is 7.11 Å². The highest BCUT2D eigenvalue weighted by atomic mass is 32.2. The second kappa shape index (κ2) is 9.93. The van der Waals surface area contributed by atoms with Gasteiger partial charge >= 0.3 is 12.1 Å². The van der Waals surface area contributed by atoms with Crippen molar-refractivity contribution in [1.82, 2.24) is 10.0 Å². The number of amides is 1. The van der Waals surface area contributed by atoms with Gasteiger partial charge in [-0.05, 0) is 45.4 Å². The van der Waals surface area contributed by atoms with E-state index in [9.17, 15) is 18.0 Å². The van der Waals surface area contributed by atoms with Gasteiger partial charge in [0, 0.05) is 0 Å². The van der Waals surface area contributed by atoms with E-state index in [0.29, 0.717) is 5.56 Å². The molecule has 2 rings (SSSR count). The summed E-state index contributed by atoms with van der Waals surface area (Å²) in [6.07, 6.45) is -0.877. The molecule has 0 heterocycles. The van der Waals surface area contributed by atoms with Gasteiger partial charge in [-0.1, -0.05) is 48.0 Å². The number of hydrogen-bond donors (Lipinski definition) is 2. The molecular weight excluding hydrogens is 420 g/mol. The van der Waals surface area contributed by atoms with Gasteiger partial charge in [-0.25, -0.2) is 22.7 Å². The number of alkyl carbamates (subject to hydrolysis) is 1. The first-order valence-corrected chi connectivity index (χ1v) is 11.1. The van der Waals surface area contributed by atoms with Crippen LogP contribution < -0.4 is 10.0 Å². The summed E-state index contributed by atoms with van der Waals surface area (Å²) in [6, 6.07) is 12.2. The summed E-state index contributed by atoms with van der Waals surface area (Å²) >= 11 is 0. The Balaban J connectivity index is 2.45. The summed E-state index contributed by atoms with van der Waals surface area (Å²) < 4.78 is 38.7. The standard InChI is InChI=1S/C22H28N2O6S/c1-15-11-13-17(14-12-15)31(27,28)24-18(16-9-7-6-8-10-16)19(20(25)29-5)23-21(26)30-22(2,3)4/h6-14,18-19,24H,1-5H3,(H,23,26)/t18-,19-/m1/s1. The van der Waals surface area contributed by atoms with E-state index in [2.05, 4.69) is 10.0 Å². The number of benzene rings is 2. The Hall–Kier alpha value is -2.91. The number of methoxy groups -OCH3 is 1. The molecule has 0 spiro atoms. The monoisotopic (exact) mass is 448 g/mol. The van der Waals surface area contributed by atoms with Crippen LogP contribution in [0.5, 0.6) is 0 Å². The van der Waals surface area contributed by atoms with E-state index in [1.165, 1.54) is 12.1 Å². The molecule has 0 saturated carbocycles. The molecule has 9 heteroatoms. The molecule has 0 aliphatic carbocycles. The zero-order valence-electron chi connectivity index (χ0n) is 18.2. The number of ether oxygens (including phenoxy) is 2. The first-order chi connectivity index (χ1) is 14.4. The third-order valence-corrected chi connectivity index (χ3v) is 5.69. The molecule has 168 valence electrons. The average molecular weight is 449 g/mol. The molecule has 0 aliphatic heterocycles. The predicted molar refractivity (Wildman–Crippen MR) is 116 cm³/mol. The molecule has 1 amide bonds. The molecular formula is C22H28N2O6S. The average Bonchev–Trinajstić information content (AvgIpc) is 2.69. The van der Waals surface area contributed by atoms with Gasteiger partial charge in [-0.15, -0.1) is 0 Å². The number of carbonyl (C=O) groups excluding carboxylic acids is 2. The molecule has 0 saturated heterocycles. The van der Waals surface area contributed by atoms with Crippen LogP contribution in [-0.2, 0) is 24.3 Å². The SMILES string of the molecule is COC(=O)[C@H](NC(=O)OC(C)(C)C)[C@H](NS(=O)(=O)c1ccc(C)cc1)c1ccccc1. The number of nitrogens with one attached hydrogen (secondary N) is 2. The minimum atomic E-state index is -4.03. The number of esters is 1. The first kappa shape index (κ1) is 24.4. The Morgan fingerprint density at radius 3 is 2.06 bits per heavy atom. The Kier molecular flexibility index (Phi) is 7.80. The molecule has 0 radical (unpaired) electrons. The normalized spacial score (nSPS) is 13.7. The zero-order valence-corrected chi connectivity index (χ0v) is 19.0. The second-order valence-electron chi connectivity index (χ2n) is 7.97. The smallest absolute Gasteiger partial charge is 0.408 e. The summed E-state index contributed by atoms with van der Waals surface area (Å²) in [4.78, 5) is 25.0. The molecule has 0 aliphatic rings. The Morgan fingerprint density at radius 1 is 0.968 bits per heavy atom. The molecule has 2 N–H and O–H groups in total. The van der Waals surface area contributed by atoms with Gasteiger partial charge < -0.3 is 14.8 Å². The van der Waals surface area contributed by atoms with Crippen LogP contribution in [-0.4, -0.2) is 39.2 Å². The van der Waals surface area contributed by atoms with E-state index >= 15 is 0 Å². The van der Waals surface area contributed by atoms with E-state index in [0.717, 1.165) is 12.7 Å². The maximum absolute atomic E-state index is 13.0. The third-order valence-electron chi connectivity index (χ3n) is 4.23. The second-order valence-corrected chi connectivity index (χ2v) is 9.68. The Labute approximate surface area is 183 Å². The summed E-state index contributed by atoms with van der Waals surface area (Å²) in [5, 5.41) is 2.44. The summed E-state index contributed by atoms with van der Waals surface area (Å²) in [6.45, 7) is 6.87. The predicted octanol–water partition coefficient (Wildman–Crippen LogP) is 3.08. The van der Waals surface area contributed by atoms with Gasteiger partial charge in [-0.3, -0.25) is 0 Å². The van der Waals surface area contributed by atoms with Crippen LogP contribution >= 0.6 is 0 Å². The number of sulfonamides is 1. The zero-order chi connectivity index (χ0) is 23.2. The lowest BCUT2D eigenvalue weighted by Crippen LogP contribution is -2.52. The quantitative estimate of drug-likeness (QED) is 0.630. The van der Waals surface area contributed by atoms with Gasteiger partial charge in [0.2, 0.25) is 10.0 Å². The highest BCUT2D eigenvalue weighted by Gasteiger charge is 2.36. The van der Waals surface area contributed by atoms with Crippen LogP contribution in [0.1, 0.15) is 37.9 Å². The van der Waals surface area contributed by atoms with Gasteiger partial charge in [0.05, 0.1) is 18.0 Å². The molecule has 2 aromatic rings. The van der Waals surface area contributed by atoms with Crippen molar-refractivity contribution in [3.05, 3.63) is 65.7 Å². The molecule has 0 unspecified atom stereocenters. The van der Waals surface area contributed by atoms with Crippen molar-refractivity contribution in [1.29, 1.82) is 0 Å². The lowest BCUT2D eigenvalue weighted by molar-refractivity contribution is -0.143. The summed E-state index contributed by atoms with van der Waals surface area (Å²) in [7, 11) is -2.88. The lowest BCUT2D eigenvalue weighted by Gasteiger charge is -2.28. The molecule has 0 aromatic heterocycles. The highest BCUT2D eigenvalue weighted by molar-refractivity contribution is 7.89. The van der Waals surface area contributed by atoms with Crippen molar-refractivity contribution in [3.63, 3.8) is 0 Å². The fraction of sp³-hybridized carbons (Fsp3) is 0.364. The van der Waals surface area contributed by atoms with Gasteiger partial charge in [-0.2, -0.15) is 0 Å². The van der Waals surface area contributed by atoms with E-state index < -0.39 is 39.8 Å². The van der Waals surface area contributed by atoms with Gasteiger partial charge in [0.15, 0.2) is 6.04 Å². The van der Waals surface area contributed by atoms with Crippen molar-refractivity contribution >= 4 is 22.1 Å². The van der Waals surface area contributed by atoms with Crippen LogP contribution in [0.25, 0.3) is 0 Å². The Morgan fingerprint density at radius 2 is 1.55 bits per heavy atom. The molecule has 0 fully saturated rings. The minimum Gasteiger partial charge on any atom is -0.467 e. The van der Waals surface area contributed by atoms with Crippen LogP contribution in [0.2, 0.25) is 0 Å². The molecule has 0 bridgehead atoms.